The van der Waals surface area contributed by atoms with Gasteiger partial charge in [0.25, 0.3) is 5.91 Å². The van der Waals surface area contributed by atoms with Crippen LogP contribution in [-0.4, -0.2) is 36.9 Å². The van der Waals surface area contributed by atoms with E-state index in [1.165, 1.54) is 37.4 Å². The number of H-pyrrole nitrogens is 1. The lowest BCUT2D eigenvalue weighted by atomic mass is 10.0. The van der Waals surface area contributed by atoms with Gasteiger partial charge in [-0.15, -0.1) is 0 Å². The Morgan fingerprint density at radius 1 is 1.11 bits per heavy atom. The number of hydrogen-bond donors (Lipinski definition) is 4. The lowest BCUT2D eigenvalue weighted by molar-refractivity contribution is 0.0695. The third-order valence-electron chi connectivity index (χ3n) is 6.68. The summed E-state index contributed by atoms with van der Waals surface area (Å²) in [7, 11) is 0. The van der Waals surface area contributed by atoms with Crippen LogP contribution in [0.1, 0.15) is 76.3 Å². The van der Waals surface area contributed by atoms with Crippen LogP contribution in [0.25, 0.3) is 11.2 Å². The number of aryl methyl sites for hydroxylation is 1. The quantitative estimate of drug-likeness (QED) is 0.264. The van der Waals surface area contributed by atoms with E-state index in [9.17, 15) is 19.1 Å². The molecule has 0 radical (unpaired) electrons. The second-order valence-corrected chi connectivity index (χ2v) is 9.21. The van der Waals surface area contributed by atoms with Gasteiger partial charge in [-0.3, -0.25) is 4.79 Å². The van der Waals surface area contributed by atoms with E-state index < -0.39 is 17.7 Å². The maximum absolute atomic E-state index is 14.4. The van der Waals surface area contributed by atoms with Crippen LogP contribution in [0.3, 0.4) is 0 Å². The molecule has 4 N–H and O–H groups in total. The number of hydrogen-bond acceptors (Lipinski definition) is 6. The third-order valence-corrected chi connectivity index (χ3v) is 6.68. The fourth-order valence-electron chi connectivity index (χ4n) is 4.84. The fraction of sp³-hybridized carbons (Fsp3) is 0.296. The Kier molecular flexibility index (Phi) is 6.80. The van der Waals surface area contributed by atoms with Gasteiger partial charge in [0, 0.05) is 23.8 Å². The smallest absolute Gasteiger partial charge is 0.335 e. The van der Waals surface area contributed by atoms with Crippen LogP contribution in [0.2, 0.25) is 0 Å². The van der Waals surface area contributed by atoms with E-state index in [1.807, 2.05) is 6.92 Å². The van der Waals surface area contributed by atoms with Crippen LogP contribution in [0.4, 0.5) is 15.8 Å². The second-order valence-electron chi connectivity index (χ2n) is 9.21. The third kappa shape index (κ3) is 5.28. The molecule has 190 valence electrons. The zero-order valence-electron chi connectivity index (χ0n) is 20.3. The first-order valence-corrected chi connectivity index (χ1v) is 12.3. The standard InChI is InChI=1S/C27H27FN6O3/c1-2-16-11-19(7-8-21(16)27(36)37)32-20-10-15(9-18(28)12-20)13-29-26(35)23-22-25(31-14-30-23)34-24(33-22)17-5-3-4-6-17/h7-12,14,17,32H,2-6,13H2,1H3,(H,29,35)(H,36,37)(H,30,31,33,34). The molecular weight excluding hydrogens is 475 g/mol. The largest absolute Gasteiger partial charge is 0.478 e. The van der Waals surface area contributed by atoms with Crippen molar-refractivity contribution < 1.29 is 19.1 Å². The maximum atomic E-state index is 14.4. The van der Waals surface area contributed by atoms with Crippen LogP contribution in [0.15, 0.2) is 42.7 Å². The summed E-state index contributed by atoms with van der Waals surface area (Å²) < 4.78 is 14.4. The van der Waals surface area contributed by atoms with E-state index in [0.717, 1.165) is 18.7 Å². The minimum absolute atomic E-state index is 0.0819. The molecule has 2 heterocycles. The Hall–Kier alpha value is -4.34. The molecule has 1 aliphatic carbocycles. The van der Waals surface area contributed by atoms with Crippen molar-refractivity contribution in [1.29, 1.82) is 0 Å². The summed E-state index contributed by atoms with van der Waals surface area (Å²) in [6, 6.07) is 9.32. The van der Waals surface area contributed by atoms with Crippen molar-refractivity contribution in [2.24, 2.45) is 0 Å². The highest BCUT2D eigenvalue weighted by molar-refractivity contribution is 6.02. The van der Waals surface area contributed by atoms with E-state index in [4.69, 9.17) is 0 Å². The van der Waals surface area contributed by atoms with Crippen LogP contribution in [-0.2, 0) is 13.0 Å². The number of aromatic amines is 1. The van der Waals surface area contributed by atoms with Gasteiger partial charge < -0.3 is 20.7 Å². The molecule has 10 heteroatoms. The van der Waals surface area contributed by atoms with Crippen LogP contribution < -0.4 is 10.6 Å². The molecule has 5 rings (SSSR count). The second kappa shape index (κ2) is 10.3. The number of nitrogens with zero attached hydrogens (tertiary/aromatic N) is 3. The minimum Gasteiger partial charge on any atom is -0.478 e. The Labute approximate surface area is 212 Å². The van der Waals surface area contributed by atoms with Crippen molar-refractivity contribution in [2.45, 2.75) is 51.5 Å². The highest BCUT2D eigenvalue weighted by Gasteiger charge is 2.23. The molecule has 1 aliphatic rings. The molecule has 1 saturated carbocycles. The van der Waals surface area contributed by atoms with Crippen LogP contribution >= 0.6 is 0 Å². The number of aromatic nitrogens is 4. The molecule has 0 atom stereocenters. The van der Waals surface area contributed by atoms with Gasteiger partial charge in [0.1, 0.15) is 23.5 Å². The zero-order chi connectivity index (χ0) is 25.9. The number of amides is 1. The summed E-state index contributed by atoms with van der Waals surface area (Å²) in [5, 5.41) is 15.3. The highest BCUT2D eigenvalue weighted by atomic mass is 19.1. The molecule has 0 bridgehead atoms. The lowest BCUT2D eigenvalue weighted by Gasteiger charge is -2.12. The number of halogens is 1. The number of nitrogens with one attached hydrogen (secondary N) is 3. The number of benzene rings is 2. The molecule has 2 aromatic heterocycles. The van der Waals surface area contributed by atoms with Gasteiger partial charge in [-0.2, -0.15) is 0 Å². The molecule has 0 unspecified atom stereocenters. The van der Waals surface area contributed by atoms with E-state index >= 15 is 0 Å². The summed E-state index contributed by atoms with van der Waals surface area (Å²) in [4.78, 5) is 40.5. The lowest BCUT2D eigenvalue weighted by Crippen LogP contribution is -2.24. The van der Waals surface area contributed by atoms with Gasteiger partial charge >= 0.3 is 5.97 Å². The molecule has 1 fully saturated rings. The van der Waals surface area contributed by atoms with Crippen LogP contribution in [0, 0.1) is 5.82 Å². The minimum atomic E-state index is -0.988. The Bertz CT molecular complexity index is 1480. The molecular formula is C27H27FN6O3. The Balaban J connectivity index is 1.31. The summed E-state index contributed by atoms with van der Waals surface area (Å²) >= 11 is 0. The Morgan fingerprint density at radius 2 is 1.92 bits per heavy atom. The number of aromatic carboxylic acids is 1. The average molecular weight is 503 g/mol. The summed E-state index contributed by atoms with van der Waals surface area (Å²) in [5.41, 5.74) is 3.74. The number of rotatable bonds is 8. The first-order chi connectivity index (χ1) is 17.9. The predicted molar refractivity (Wildman–Crippen MR) is 137 cm³/mol. The number of anilines is 2. The molecule has 1 amide bonds. The summed E-state index contributed by atoms with van der Waals surface area (Å²) in [5.74, 6) is -0.684. The number of carbonyl (C=O) groups excluding carboxylic acids is 1. The van der Waals surface area contributed by atoms with Crippen molar-refractivity contribution in [3.63, 3.8) is 0 Å². The Morgan fingerprint density at radius 3 is 2.68 bits per heavy atom. The van der Waals surface area contributed by atoms with E-state index in [0.29, 0.717) is 46.0 Å². The van der Waals surface area contributed by atoms with Gasteiger partial charge in [-0.25, -0.2) is 24.1 Å². The normalized spacial score (nSPS) is 13.7. The molecule has 37 heavy (non-hydrogen) atoms. The molecule has 0 saturated heterocycles. The number of carboxylic acids is 1. The molecule has 0 aliphatic heterocycles. The topological polar surface area (TPSA) is 133 Å². The fourth-order valence-corrected chi connectivity index (χ4v) is 4.84. The summed E-state index contributed by atoms with van der Waals surface area (Å²) in [6.07, 6.45) is 6.33. The molecule has 0 spiro atoms. The average Bonchev–Trinajstić information content (AvgIpc) is 3.56. The number of carboxylic acid groups (broad SMARTS) is 1. The first kappa shape index (κ1) is 24.4. The SMILES string of the molecule is CCc1cc(Nc2cc(F)cc(CNC(=O)c3ncnc4nc(C5CCCC5)[nH]c34)c2)ccc1C(=O)O. The van der Waals surface area contributed by atoms with Gasteiger partial charge in [0.15, 0.2) is 11.3 Å². The van der Waals surface area contributed by atoms with Crippen molar-refractivity contribution in [3.05, 3.63) is 76.8 Å². The summed E-state index contributed by atoms with van der Waals surface area (Å²) in [6.45, 7) is 1.96. The monoisotopic (exact) mass is 502 g/mol. The predicted octanol–water partition coefficient (Wildman–Crippen LogP) is 5.08. The maximum Gasteiger partial charge on any atom is 0.335 e. The van der Waals surface area contributed by atoms with Crippen molar-refractivity contribution in [3.8, 4) is 0 Å². The van der Waals surface area contributed by atoms with E-state index in [1.54, 1.807) is 18.2 Å². The number of fused-ring (bicyclic) bond motifs is 1. The van der Waals surface area contributed by atoms with Crippen LogP contribution in [0.5, 0.6) is 0 Å². The molecule has 9 nitrogen and oxygen atoms in total. The molecule has 2 aromatic carbocycles. The van der Waals surface area contributed by atoms with Crippen molar-refractivity contribution in [2.75, 3.05) is 5.32 Å². The van der Waals surface area contributed by atoms with Gasteiger partial charge in [-0.05, 0) is 66.8 Å². The molecule has 4 aromatic rings. The number of imidazole rings is 1. The zero-order valence-corrected chi connectivity index (χ0v) is 20.3. The highest BCUT2D eigenvalue weighted by Crippen LogP contribution is 2.33. The van der Waals surface area contributed by atoms with Gasteiger partial charge in [-0.1, -0.05) is 19.8 Å². The van der Waals surface area contributed by atoms with E-state index in [-0.39, 0.29) is 17.8 Å². The van der Waals surface area contributed by atoms with Gasteiger partial charge in [0.2, 0.25) is 0 Å². The van der Waals surface area contributed by atoms with Crippen molar-refractivity contribution >= 4 is 34.4 Å². The van der Waals surface area contributed by atoms with Crippen molar-refractivity contribution in [1.82, 2.24) is 25.3 Å². The first-order valence-electron chi connectivity index (χ1n) is 12.3. The van der Waals surface area contributed by atoms with Gasteiger partial charge in [0.05, 0.1) is 5.56 Å². The number of carbonyl (C=O) groups is 2. The van der Waals surface area contributed by atoms with E-state index in [2.05, 4.69) is 30.6 Å².